The number of aromatic nitrogens is 1. The average Bonchev–Trinajstić information content (AvgIpc) is 2.85. The fourth-order valence-electron chi connectivity index (χ4n) is 2.32. The fraction of sp³-hybridized carbons (Fsp3) is 0.529. The van der Waals surface area contributed by atoms with Gasteiger partial charge in [-0.3, -0.25) is 9.36 Å². The number of para-hydroxylation sites is 2. The van der Waals surface area contributed by atoms with Crippen LogP contribution < -0.4 is 11.1 Å². The Kier molecular flexibility index (Phi) is 5.98. The van der Waals surface area contributed by atoms with Gasteiger partial charge >= 0.3 is 5.76 Å². The molecule has 1 aromatic heterocycles. The molecule has 1 unspecified atom stereocenters. The van der Waals surface area contributed by atoms with Crippen LogP contribution >= 0.6 is 0 Å². The summed E-state index contributed by atoms with van der Waals surface area (Å²) >= 11 is 0. The number of fused-ring (bicyclic) bond motifs is 1. The molecule has 0 radical (unpaired) electrons. The van der Waals surface area contributed by atoms with Crippen LogP contribution in [0.4, 0.5) is 0 Å². The highest BCUT2D eigenvalue weighted by Crippen LogP contribution is 2.16. The number of amides is 1. The van der Waals surface area contributed by atoms with Gasteiger partial charge in [0.15, 0.2) is 5.58 Å². The Labute approximate surface area is 135 Å². The third-order valence-electron chi connectivity index (χ3n) is 3.50. The van der Waals surface area contributed by atoms with Crippen molar-refractivity contribution in [2.24, 2.45) is 5.92 Å². The molecule has 0 saturated carbocycles. The zero-order valence-corrected chi connectivity index (χ0v) is 13.9. The van der Waals surface area contributed by atoms with Crippen LogP contribution in [0.25, 0.3) is 11.1 Å². The third-order valence-corrected chi connectivity index (χ3v) is 3.50. The number of nitrogens with one attached hydrogen (secondary N) is 1. The number of carbonyl (C=O) groups is 1. The van der Waals surface area contributed by atoms with Gasteiger partial charge in [0.1, 0.15) is 6.04 Å². The smallest absolute Gasteiger partial charge is 0.408 e. The van der Waals surface area contributed by atoms with Crippen LogP contribution in [0.15, 0.2) is 33.5 Å². The predicted molar refractivity (Wildman–Crippen MR) is 88.5 cm³/mol. The highest BCUT2D eigenvalue weighted by molar-refractivity contribution is 5.82. The number of rotatable bonds is 8. The monoisotopic (exact) mass is 320 g/mol. The van der Waals surface area contributed by atoms with Crippen LogP contribution in [-0.2, 0) is 9.53 Å². The molecule has 1 heterocycles. The van der Waals surface area contributed by atoms with E-state index in [1.807, 2.05) is 6.07 Å². The second-order valence-corrected chi connectivity index (χ2v) is 6.00. The van der Waals surface area contributed by atoms with Gasteiger partial charge in [0.05, 0.1) is 5.52 Å². The lowest BCUT2D eigenvalue weighted by atomic mass is 10.2. The van der Waals surface area contributed by atoms with E-state index in [1.165, 1.54) is 4.57 Å². The maximum absolute atomic E-state index is 12.2. The Morgan fingerprint density at radius 3 is 2.78 bits per heavy atom. The van der Waals surface area contributed by atoms with Crippen molar-refractivity contribution in [1.29, 1.82) is 0 Å². The van der Waals surface area contributed by atoms with E-state index in [-0.39, 0.29) is 5.91 Å². The van der Waals surface area contributed by atoms with Crippen molar-refractivity contribution >= 4 is 17.0 Å². The number of ether oxygens (including phenoxy) is 1. The molecule has 0 bridgehead atoms. The summed E-state index contributed by atoms with van der Waals surface area (Å²) in [4.78, 5) is 24.2. The van der Waals surface area contributed by atoms with Crippen molar-refractivity contribution in [3.8, 4) is 0 Å². The summed E-state index contributed by atoms with van der Waals surface area (Å²) in [5.74, 6) is -0.220. The van der Waals surface area contributed by atoms with Gasteiger partial charge in [-0.25, -0.2) is 4.79 Å². The van der Waals surface area contributed by atoms with Gasteiger partial charge in [-0.05, 0) is 31.4 Å². The van der Waals surface area contributed by atoms with Crippen LogP contribution in [0, 0.1) is 5.92 Å². The number of hydrogen-bond donors (Lipinski definition) is 1. The van der Waals surface area contributed by atoms with Gasteiger partial charge < -0.3 is 14.5 Å². The number of benzene rings is 1. The Morgan fingerprint density at radius 1 is 1.30 bits per heavy atom. The van der Waals surface area contributed by atoms with Crippen LogP contribution in [0.1, 0.15) is 33.2 Å². The van der Waals surface area contributed by atoms with Gasteiger partial charge in [0, 0.05) is 19.8 Å². The van der Waals surface area contributed by atoms with Crippen molar-refractivity contribution < 1.29 is 13.9 Å². The molecule has 1 atom stereocenters. The van der Waals surface area contributed by atoms with E-state index < -0.39 is 11.8 Å². The summed E-state index contributed by atoms with van der Waals surface area (Å²) in [5.41, 5.74) is 1.11. The quantitative estimate of drug-likeness (QED) is 0.758. The summed E-state index contributed by atoms with van der Waals surface area (Å²) in [7, 11) is 0. The van der Waals surface area contributed by atoms with E-state index in [1.54, 1.807) is 25.1 Å². The van der Waals surface area contributed by atoms with Gasteiger partial charge in [0.25, 0.3) is 0 Å². The molecule has 2 rings (SSSR count). The first-order valence-corrected chi connectivity index (χ1v) is 7.96. The Hall–Kier alpha value is -2.08. The highest BCUT2D eigenvalue weighted by atomic mass is 16.5. The number of oxazole rings is 1. The van der Waals surface area contributed by atoms with E-state index in [0.717, 1.165) is 13.0 Å². The first kappa shape index (κ1) is 17.3. The Morgan fingerprint density at radius 2 is 2.04 bits per heavy atom. The van der Waals surface area contributed by atoms with Crippen molar-refractivity contribution in [1.82, 2.24) is 9.88 Å². The van der Waals surface area contributed by atoms with Crippen LogP contribution in [0.3, 0.4) is 0 Å². The number of hydrogen-bond acceptors (Lipinski definition) is 4. The molecule has 1 N–H and O–H groups in total. The lowest BCUT2D eigenvalue weighted by Crippen LogP contribution is -2.35. The van der Waals surface area contributed by atoms with Crippen molar-refractivity contribution in [2.45, 2.75) is 33.2 Å². The minimum absolute atomic E-state index is 0.206. The summed E-state index contributed by atoms with van der Waals surface area (Å²) in [6.07, 6.45) is 0.742. The van der Waals surface area contributed by atoms with E-state index in [4.69, 9.17) is 9.15 Å². The maximum atomic E-state index is 12.2. The zero-order chi connectivity index (χ0) is 16.8. The molecular weight excluding hydrogens is 296 g/mol. The topological polar surface area (TPSA) is 73.5 Å². The molecule has 1 aromatic carbocycles. The zero-order valence-electron chi connectivity index (χ0n) is 13.9. The van der Waals surface area contributed by atoms with Gasteiger partial charge in [-0.1, -0.05) is 26.0 Å². The summed E-state index contributed by atoms with van der Waals surface area (Å²) in [6, 6.07) is 6.46. The molecule has 2 aromatic rings. The van der Waals surface area contributed by atoms with Crippen LogP contribution in [0.5, 0.6) is 0 Å². The predicted octanol–water partition coefficient (Wildman–Crippen LogP) is 2.33. The van der Waals surface area contributed by atoms with E-state index >= 15 is 0 Å². The summed E-state index contributed by atoms with van der Waals surface area (Å²) in [5, 5.41) is 2.83. The molecule has 0 spiro atoms. The SMILES string of the molecule is CC(C)COCCCNC(=O)C(C)n1c(=O)oc2ccccc21. The maximum Gasteiger partial charge on any atom is 0.420 e. The van der Waals surface area contributed by atoms with Gasteiger partial charge in [-0.15, -0.1) is 0 Å². The van der Waals surface area contributed by atoms with Crippen LogP contribution in [-0.4, -0.2) is 30.2 Å². The molecule has 6 heteroatoms. The minimum Gasteiger partial charge on any atom is -0.408 e. The fourth-order valence-corrected chi connectivity index (χ4v) is 2.32. The average molecular weight is 320 g/mol. The first-order valence-electron chi connectivity index (χ1n) is 7.96. The molecule has 1 amide bonds. The largest absolute Gasteiger partial charge is 0.420 e. The van der Waals surface area contributed by atoms with Crippen LogP contribution in [0.2, 0.25) is 0 Å². The Balaban J connectivity index is 1.89. The third kappa shape index (κ3) is 4.45. The molecule has 126 valence electrons. The lowest BCUT2D eigenvalue weighted by Gasteiger charge is -2.13. The van der Waals surface area contributed by atoms with E-state index in [9.17, 15) is 9.59 Å². The van der Waals surface area contributed by atoms with Crippen molar-refractivity contribution in [3.63, 3.8) is 0 Å². The van der Waals surface area contributed by atoms with Crippen molar-refractivity contribution in [2.75, 3.05) is 19.8 Å². The number of nitrogens with zero attached hydrogens (tertiary/aromatic N) is 1. The van der Waals surface area contributed by atoms with Gasteiger partial charge in [0.2, 0.25) is 5.91 Å². The highest BCUT2D eigenvalue weighted by Gasteiger charge is 2.20. The lowest BCUT2D eigenvalue weighted by molar-refractivity contribution is -0.123. The Bertz CT molecular complexity index is 702. The molecule has 23 heavy (non-hydrogen) atoms. The number of carbonyl (C=O) groups excluding carboxylic acids is 1. The second-order valence-electron chi connectivity index (χ2n) is 6.00. The van der Waals surface area contributed by atoms with E-state index in [2.05, 4.69) is 19.2 Å². The van der Waals surface area contributed by atoms with E-state index in [0.29, 0.717) is 30.2 Å². The standard InChI is InChI=1S/C17H24N2O4/c1-12(2)11-22-10-6-9-18-16(20)13(3)19-14-7-4-5-8-15(14)23-17(19)21/h4-5,7-8,12-13H,6,9-11H2,1-3H3,(H,18,20). The van der Waals surface area contributed by atoms with Gasteiger partial charge in [-0.2, -0.15) is 0 Å². The summed E-state index contributed by atoms with van der Waals surface area (Å²) < 4.78 is 12.0. The van der Waals surface area contributed by atoms with Crippen molar-refractivity contribution in [3.05, 3.63) is 34.8 Å². The second kappa shape index (κ2) is 7.97. The molecule has 0 aliphatic rings. The molecule has 6 nitrogen and oxygen atoms in total. The first-order chi connectivity index (χ1) is 11.0. The molecular formula is C17H24N2O4. The molecule has 0 fully saturated rings. The molecule has 0 aliphatic heterocycles. The molecule has 0 aliphatic carbocycles. The normalized spacial score (nSPS) is 12.7. The minimum atomic E-state index is -0.622. The molecule has 0 saturated heterocycles. The summed E-state index contributed by atoms with van der Waals surface area (Å²) in [6.45, 7) is 7.73.